The summed E-state index contributed by atoms with van der Waals surface area (Å²) in [5.74, 6) is 1.27. The third-order valence-electron chi connectivity index (χ3n) is 3.43. The molecule has 0 amide bonds. The van der Waals surface area contributed by atoms with E-state index in [4.69, 9.17) is 16.3 Å². The second kappa shape index (κ2) is 7.14. The molecule has 0 saturated carbocycles. The van der Waals surface area contributed by atoms with E-state index in [-0.39, 0.29) is 0 Å². The van der Waals surface area contributed by atoms with Gasteiger partial charge in [0.25, 0.3) is 0 Å². The summed E-state index contributed by atoms with van der Waals surface area (Å²) in [6.45, 7) is 2.10. The molecule has 2 aromatic rings. The Kier molecular flexibility index (Phi) is 5.50. The molecule has 0 N–H and O–H groups in total. The molecule has 0 aromatic heterocycles. The molecule has 106 valence electrons. The maximum absolute atomic E-state index is 6.32. The minimum absolute atomic E-state index is 0.333. The van der Waals surface area contributed by atoms with Crippen molar-refractivity contribution in [3.63, 3.8) is 0 Å². The van der Waals surface area contributed by atoms with Crippen LogP contribution in [0.2, 0.25) is 5.02 Å². The third-order valence-corrected chi connectivity index (χ3v) is 4.56. The third kappa shape index (κ3) is 3.56. The summed E-state index contributed by atoms with van der Waals surface area (Å²) in [6.07, 6.45) is 0.903. The summed E-state index contributed by atoms with van der Waals surface area (Å²) in [7, 11) is 1.72. The summed E-state index contributed by atoms with van der Waals surface area (Å²) in [4.78, 5) is 0. The molecule has 0 heterocycles. The molecule has 0 aliphatic heterocycles. The first-order valence-electron chi connectivity index (χ1n) is 6.59. The number of ether oxygens (including phenoxy) is 1. The van der Waals surface area contributed by atoms with Crippen molar-refractivity contribution in [1.82, 2.24) is 0 Å². The average molecular weight is 354 g/mol. The molecule has 0 radical (unpaired) electrons. The number of halogens is 2. The molecule has 1 unspecified atom stereocenters. The van der Waals surface area contributed by atoms with Crippen molar-refractivity contribution in [2.45, 2.75) is 19.3 Å². The molecule has 1 atom stereocenters. The summed E-state index contributed by atoms with van der Waals surface area (Å²) in [5.41, 5.74) is 3.64. The predicted molar refractivity (Wildman–Crippen MR) is 89.4 cm³/mol. The maximum Gasteiger partial charge on any atom is 0.122 e. The number of methoxy groups -OCH3 is 1. The SMILES string of the molecule is COc1ccc(C)cc1CC(CBr)c1ccccc1Cl. The molecular weight excluding hydrogens is 336 g/mol. The fourth-order valence-corrected chi connectivity index (χ4v) is 3.25. The average Bonchev–Trinajstić information content (AvgIpc) is 2.46. The molecule has 0 aliphatic carbocycles. The van der Waals surface area contributed by atoms with Crippen LogP contribution < -0.4 is 4.74 Å². The minimum atomic E-state index is 0.333. The van der Waals surface area contributed by atoms with Gasteiger partial charge in [-0.05, 0) is 42.5 Å². The number of hydrogen-bond donors (Lipinski definition) is 0. The van der Waals surface area contributed by atoms with Gasteiger partial charge in [-0.2, -0.15) is 0 Å². The number of rotatable bonds is 5. The molecule has 0 bridgehead atoms. The summed E-state index contributed by atoms with van der Waals surface area (Å²) in [6, 6.07) is 14.3. The van der Waals surface area contributed by atoms with Gasteiger partial charge in [-0.3, -0.25) is 0 Å². The van der Waals surface area contributed by atoms with E-state index in [0.29, 0.717) is 5.92 Å². The van der Waals surface area contributed by atoms with E-state index in [1.165, 1.54) is 16.7 Å². The largest absolute Gasteiger partial charge is 0.496 e. The Bertz CT molecular complexity index is 583. The van der Waals surface area contributed by atoms with Crippen molar-refractivity contribution in [1.29, 1.82) is 0 Å². The van der Waals surface area contributed by atoms with Crippen LogP contribution in [0.15, 0.2) is 42.5 Å². The van der Waals surface area contributed by atoms with E-state index in [2.05, 4.69) is 41.1 Å². The highest BCUT2D eigenvalue weighted by atomic mass is 79.9. The minimum Gasteiger partial charge on any atom is -0.496 e. The highest BCUT2D eigenvalue weighted by Gasteiger charge is 2.16. The summed E-state index contributed by atoms with van der Waals surface area (Å²) in [5, 5.41) is 1.69. The number of hydrogen-bond acceptors (Lipinski definition) is 1. The Morgan fingerprint density at radius 3 is 2.60 bits per heavy atom. The van der Waals surface area contributed by atoms with E-state index >= 15 is 0 Å². The zero-order valence-electron chi connectivity index (χ0n) is 11.7. The van der Waals surface area contributed by atoms with Crippen LogP contribution in [0.1, 0.15) is 22.6 Å². The van der Waals surface area contributed by atoms with Crippen LogP contribution in [0.25, 0.3) is 0 Å². The maximum atomic E-state index is 6.32. The molecule has 3 heteroatoms. The Morgan fingerprint density at radius 2 is 1.95 bits per heavy atom. The number of benzene rings is 2. The quantitative estimate of drug-likeness (QED) is 0.656. The molecule has 1 nitrogen and oxygen atoms in total. The van der Waals surface area contributed by atoms with Gasteiger partial charge in [-0.25, -0.2) is 0 Å². The van der Waals surface area contributed by atoms with Gasteiger partial charge < -0.3 is 4.74 Å². The van der Waals surface area contributed by atoms with Crippen molar-refractivity contribution in [2.24, 2.45) is 0 Å². The lowest BCUT2D eigenvalue weighted by atomic mass is 9.92. The van der Waals surface area contributed by atoms with Crippen molar-refractivity contribution in [3.8, 4) is 5.75 Å². The lowest BCUT2D eigenvalue weighted by Gasteiger charge is -2.18. The van der Waals surface area contributed by atoms with Gasteiger partial charge in [-0.15, -0.1) is 0 Å². The van der Waals surface area contributed by atoms with Gasteiger partial charge >= 0.3 is 0 Å². The Labute approximate surface area is 134 Å². The molecule has 0 spiro atoms. The second-order valence-corrected chi connectivity index (χ2v) is 5.95. The van der Waals surface area contributed by atoms with E-state index < -0.39 is 0 Å². The van der Waals surface area contributed by atoms with Crippen molar-refractivity contribution >= 4 is 27.5 Å². The normalized spacial score (nSPS) is 12.2. The monoisotopic (exact) mass is 352 g/mol. The number of aryl methyl sites for hydroxylation is 1. The Morgan fingerprint density at radius 1 is 1.20 bits per heavy atom. The van der Waals surface area contributed by atoms with Gasteiger partial charge in [0, 0.05) is 10.4 Å². The fraction of sp³-hybridized carbons (Fsp3) is 0.294. The molecule has 0 aliphatic rings. The number of alkyl halides is 1. The standard InChI is InChI=1S/C17H18BrClO/c1-12-7-8-17(20-2)13(9-12)10-14(11-18)15-5-3-4-6-16(15)19/h3-9,14H,10-11H2,1-2H3. The molecule has 2 aromatic carbocycles. The first-order valence-corrected chi connectivity index (χ1v) is 8.09. The van der Waals surface area contributed by atoms with Gasteiger partial charge in [0.2, 0.25) is 0 Å². The van der Waals surface area contributed by atoms with Gasteiger partial charge in [0.1, 0.15) is 5.75 Å². The summed E-state index contributed by atoms with van der Waals surface area (Å²) >= 11 is 9.93. The van der Waals surface area contributed by atoms with E-state index in [9.17, 15) is 0 Å². The van der Waals surface area contributed by atoms with Gasteiger partial charge in [0.15, 0.2) is 0 Å². The van der Waals surface area contributed by atoms with Crippen molar-refractivity contribution < 1.29 is 4.74 Å². The van der Waals surface area contributed by atoms with E-state index in [1.54, 1.807) is 7.11 Å². The summed E-state index contributed by atoms with van der Waals surface area (Å²) < 4.78 is 5.46. The van der Waals surface area contributed by atoms with Gasteiger partial charge in [0.05, 0.1) is 7.11 Å². The highest BCUT2D eigenvalue weighted by molar-refractivity contribution is 9.09. The van der Waals surface area contributed by atoms with E-state index in [1.807, 2.05) is 24.3 Å². The second-order valence-electron chi connectivity index (χ2n) is 4.89. The van der Waals surface area contributed by atoms with Gasteiger partial charge in [-0.1, -0.05) is 63.4 Å². The Hall–Kier alpha value is -0.990. The van der Waals surface area contributed by atoms with Crippen molar-refractivity contribution in [2.75, 3.05) is 12.4 Å². The van der Waals surface area contributed by atoms with Crippen LogP contribution in [-0.2, 0) is 6.42 Å². The molecular formula is C17H18BrClO. The van der Waals surface area contributed by atoms with E-state index in [0.717, 1.165) is 22.5 Å². The first-order chi connectivity index (χ1) is 9.65. The van der Waals surface area contributed by atoms with Crippen LogP contribution in [-0.4, -0.2) is 12.4 Å². The van der Waals surface area contributed by atoms with Crippen LogP contribution in [0.3, 0.4) is 0 Å². The topological polar surface area (TPSA) is 9.23 Å². The van der Waals surface area contributed by atoms with Crippen LogP contribution in [0.4, 0.5) is 0 Å². The highest BCUT2D eigenvalue weighted by Crippen LogP contribution is 2.32. The van der Waals surface area contributed by atoms with Crippen LogP contribution in [0.5, 0.6) is 5.75 Å². The molecule has 20 heavy (non-hydrogen) atoms. The molecule has 0 saturated heterocycles. The van der Waals surface area contributed by atoms with Crippen LogP contribution in [0, 0.1) is 6.92 Å². The first kappa shape index (κ1) is 15.4. The smallest absolute Gasteiger partial charge is 0.122 e. The zero-order valence-corrected chi connectivity index (χ0v) is 14.0. The molecule has 0 fully saturated rings. The lowest BCUT2D eigenvalue weighted by Crippen LogP contribution is -2.06. The fourth-order valence-electron chi connectivity index (χ4n) is 2.39. The van der Waals surface area contributed by atoms with Crippen LogP contribution >= 0.6 is 27.5 Å². The lowest BCUT2D eigenvalue weighted by molar-refractivity contribution is 0.408. The van der Waals surface area contributed by atoms with Crippen molar-refractivity contribution in [3.05, 3.63) is 64.2 Å². The molecule has 2 rings (SSSR count). The predicted octanol–water partition coefficient (Wildman–Crippen LogP) is 5.38. The zero-order chi connectivity index (χ0) is 14.5. The Balaban J connectivity index is 2.31.